The average Bonchev–Trinajstić information content (AvgIpc) is 2.46. The van der Waals surface area contributed by atoms with Gasteiger partial charge in [0.2, 0.25) is 0 Å². The average molecular weight is 313 g/mol. The van der Waals surface area contributed by atoms with E-state index in [1.807, 2.05) is 19.1 Å². The number of halogens is 1. The molecule has 1 aromatic rings. The maximum absolute atomic E-state index is 12.2. The summed E-state index contributed by atoms with van der Waals surface area (Å²) in [5.41, 5.74) is 0.869. The first kappa shape index (κ1) is 17.5. The van der Waals surface area contributed by atoms with Gasteiger partial charge in [-0.3, -0.25) is 9.59 Å². The zero-order valence-electron chi connectivity index (χ0n) is 12.6. The molecule has 0 aliphatic carbocycles. The van der Waals surface area contributed by atoms with Crippen molar-refractivity contribution in [2.24, 2.45) is 5.92 Å². The Kier molecular flexibility index (Phi) is 7.23. The smallest absolute Gasteiger partial charge is 0.320 e. The number of hydrogen-bond donors (Lipinski definition) is 0. The van der Waals surface area contributed by atoms with Crippen LogP contribution in [0.3, 0.4) is 0 Å². The maximum atomic E-state index is 12.2. The Morgan fingerprint density at radius 1 is 1.00 bits per heavy atom. The van der Waals surface area contributed by atoms with Crippen LogP contribution >= 0.6 is 11.6 Å². The standard InChI is InChI=1S/C16H21ClO4/c1-4-13(11-7-9-12(17)10-8-11)14(15(18)20-5-2)16(19)21-6-3/h7-10,13-14H,4-6H2,1-3H3/t13-/m0/s1. The molecule has 21 heavy (non-hydrogen) atoms. The summed E-state index contributed by atoms with van der Waals surface area (Å²) in [6.07, 6.45) is 0.615. The van der Waals surface area contributed by atoms with Crippen LogP contribution in [0.1, 0.15) is 38.7 Å². The number of carbonyl (C=O) groups excluding carboxylic acids is 2. The van der Waals surface area contributed by atoms with Crippen LogP contribution in [0, 0.1) is 5.92 Å². The highest BCUT2D eigenvalue weighted by atomic mass is 35.5. The van der Waals surface area contributed by atoms with Gasteiger partial charge in [0.05, 0.1) is 13.2 Å². The summed E-state index contributed by atoms with van der Waals surface area (Å²) in [5, 5.41) is 0.609. The van der Waals surface area contributed by atoms with E-state index in [9.17, 15) is 9.59 Å². The summed E-state index contributed by atoms with van der Waals surface area (Å²) < 4.78 is 10.1. The lowest BCUT2D eigenvalue weighted by Crippen LogP contribution is -2.33. The number of hydrogen-bond acceptors (Lipinski definition) is 4. The molecule has 0 bridgehead atoms. The number of benzene rings is 1. The van der Waals surface area contributed by atoms with Gasteiger partial charge in [0, 0.05) is 10.9 Å². The first-order valence-corrected chi connectivity index (χ1v) is 7.51. The maximum Gasteiger partial charge on any atom is 0.320 e. The quantitative estimate of drug-likeness (QED) is 0.570. The predicted octanol–water partition coefficient (Wildman–Crippen LogP) is 3.58. The first-order chi connectivity index (χ1) is 10.0. The highest BCUT2D eigenvalue weighted by molar-refractivity contribution is 6.30. The van der Waals surface area contributed by atoms with Crippen molar-refractivity contribution in [3.8, 4) is 0 Å². The summed E-state index contributed by atoms with van der Waals surface area (Å²) in [4.78, 5) is 24.3. The van der Waals surface area contributed by atoms with E-state index in [0.717, 1.165) is 5.56 Å². The molecule has 0 saturated carbocycles. The van der Waals surface area contributed by atoms with Crippen LogP contribution in [0.25, 0.3) is 0 Å². The van der Waals surface area contributed by atoms with Gasteiger partial charge in [0.25, 0.3) is 0 Å². The van der Waals surface area contributed by atoms with Gasteiger partial charge < -0.3 is 9.47 Å². The van der Waals surface area contributed by atoms with E-state index in [0.29, 0.717) is 11.4 Å². The monoisotopic (exact) mass is 312 g/mol. The van der Waals surface area contributed by atoms with Crippen molar-refractivity contribution in [3.05, 3.63) is 34.9 Å². The van der Waals surface area contributed by atoms with Crippen molar-refractivity contribution in [1.82, 2.24) is 0 Å². The van der Waals surface area contributed by atoms with Crippen LogP contribution in [0.5, 0.6) is 0 Å². The second-order valence-corrected chi connectivity index (χ2v) is 4.98. The largest absolute Gasteiger partial charge is 0.465 e. The second kappa shape index (κ2) is 8.67. The van der Waals surface area contributed by atoms with Crippen molar-refractivity contribution in [3.63, 3.8) is 0 Å². The first-order valence-electron chi connectivity index (χ1n) is 7.13. The highest BCUT2D eigenvalue weighted by Gasteiger charge is 2.37. The van der Waals surface area contributed by atoms with Crippen LogP contribution in [0.15, 0.2) is 24.3 Å². The molecule has 4 nitrogen and oxygen atoms in total. The topological polar surface area (TPSA) is 52.6 Å². The number of rotatable bonds is 7. The molecule has 0 fully saturated rings. The molecule has 1 aromatic carbocycles. The zero-order valence-corrected chi connectivity index (χ0v) is 13.4. The van der Waals surface area contributed by atoms with Crippen LogP contribution < -0.4 is 0 Å². The molecular formula is C16H21ClO4. The molecule has 0 unspecified atom stereocenters. The Morgan fingerprint density at radius 3 is 1.86 bits per heavy atom. The van der Waals surface area contributed by atoms with Gasteiger partial charge in [-0.2, -0.15) is 0 Å². The molecule has 1 rings (SSSR count). The third kappa shape index (κ3) is 4.74. The van der Waals surface area contributed by atoms with Gasteiger partial charge in [0.1, 0.15) is 0 Å². The molecule has 0 radical (unpaired) electrons. The Hall–Kier alpha value is -1.55. The van der Waals surface area contributed by atoms with E-state index in [1.165, 1.54) is 0 Å². The van der Waals surface area contributed by atoms with E-state index in [4.69, 9.17) is 21.1 Å². The molecule has 0 aliphatic rings. The Labute approximate surface area is 130 Å². The minimum atomic E-state index is -0.948. The fourth-order valence-corrected chi connectivity index (χ4v) is 2.39. The molecule has 0 aliphatic heterocycles. The normalized spacial score (nSPS) is 12.0. The van der Waals surface area contributed by atoms with Gasteiger partial charge >= 0.3 is 11.9 Å². The van der Waals surface area contributed by atoms with Crippen molar-refractivity contribution in [2.75, 3.05) is 13.2 Å². The minimum Gasteiger partial charge on any atom is -0.465 e. The number of carbonyl (C=O) groups is 2. The molecule has 116 valence electrons. The van der Waals surface area contributed by atoms with Gasteiger partial charge in [-0.15, -0.1) is 0 Å². The Morgan fingerprint density at radius 2 is 1.48 bits per heavy atom. The third-order valence-corrected chi connectivity index (χ3v) is 3.47. The lowest BCUT2D eigenvalue weighted by atomic mass is 9.84. The van der Waals surface area contributed by atoms with E-state index >= 15 is 0 Å². The second-order valence-electron chi connectivity index (χ2n) is 4.55. The number of esters is 2. The van der Waals surface area contributed by atoms with Gasteiger partial charge in [0.15, 0.2) is 5.92 Å². The lowest BCUT2D eigenvalue weighted by Gasteiger charge is -2.23. The molecule has 5 heteroatoms. The Bertz CT molecular complexity index is 452. The van der Waals surface area contributed by atoms with Crippen molar-refractivity contribution in [2.45, 2.75) is 33.1 Å². The molecular weight excluding hydrogens is 292 g/mol. The summed E-state index contributed by atoms with van der Waals surface area (Å²) in [6, 6.07) is 7.13. The SMILES string of the molecule is CCOC(=O)C(C(=O)OCC)[C@@H](CC)c1ccc(Cl)cc1. The molecule has 0 amide bonds. The molecule has 0 aromatic heterocycles. The van der Waals surface area contributed by atoms with Gasteiger partial charge in [-0.25, -0.2) is 0 Å². The van der Waals surface area contributed by atoms with Crippen molar-refractivity contribution in [1.29, 1.82) is 0 Å². The van der Waals surface area contributed by atoms with Crippen LogP contribution in [-0.4, -0.2) is 25.2 Å². The van der Waals surface area contributed by atoms with E-state index in [2.05, 4.69) is 0 Å². The molecule has 0 heterocycles. The van der Waals surface area contributed by atoms with E-state index < -0.39 is 17.9 Å². The highest BCUT2D eigenvalue weighted by Crippen LogP contribution is 2.31. The Balaban J connectivity index is 3.10. The summed E-state index contributed by atoms with van der Waals surface area (Å²) in [6.45, 7) is 5.80. The van der Waals surface area contributed by atoms with Gasteiger partial charge in [-0.05, 0) is 38.0 Å². The van der Waals surface area contributed by atoms with Gasteiger partial charge in [-0.1, -0.05) is 30.7 Å². The van der Waals surface area contributed by atoms with Crippen molar-refractivity contribution >= 4 is 23.5 Å². The fourth-order valence-electron chi connectivity index (χ4n) is 2.26. The third-order valence-electron chi connectivity index (χ3n) is 3.22. The van der Waals surface area contributed by atoms with Crippen LogP contribution in [0.4, 0.5) is 0 Å². The van der Waals surface area contributed by atoms with Crippen molar-refractivity contribution < 1.29 is 19.1 Å². The summed E-state index contributed by atoms with van der Waals surface area (Å²) in [7, 11) is 0. The molecule has 0 saturated heterocycles. The van der Waals surface area contributed by atoms with E-state index in [1.54, 1.807) is 26.0 Å². The molecule has 1 atom stereocenters. The van der Waals surface area contributed by atoms with Crippen LogP contribution in [0.2, 0.25) is 5.02 Å². The summed E-state index contributed by atoms with van der Waals surface area (Å²) in [5.74, 6) is -2.33. The lowest BCUT2D eigenvalue weighted by molar-refractivity contribution is -0.162. The predicted molar refractivity (Wildman–Crippen MR) is 81.2 cm³/mol. The molecule has 0 N–H and O–H groups in total. The summed E-state index contributed by atoms with van der Waals surface area (Å²) >= 11 is 5.88. The van der Waals surface area contributed by atoms with E-state index in [-0.39, 0.29) is 19.1 Å². The molecule has 0 spiro atoms. The minimum absolute atomic E-state index is 0.228. The fraction of sp³-hybridized carbons (Fsp3) is 0.500. The van der Waals surface area contributed by atoms with Crippen LogP contribution in [-0.2, 0) is 19.1 Å². The number of ether oxygens (including phenoxy) is 2. The zero-order chi connectivity index (χ0) is 15.8.